The molecular weight excluding hydrogens is 336 g/mol. The van der Waals surface area contributed by atoms with Crippen LogP contribution < -0.4 is 4.74 Å². The van der Waals surface area contributed by atoms with E-state index >= 15 is 0 Å². The van der Waals surface area contributed by atoms with Gasteiger partial charge in [0.15, 0.2) is 0 Å². The number of nitrogens with zero attached hydrogens (tertiary/aromatic N) is 2. The summed E-state index contributed by atoms with van der Waals surface area (Å²) in [5.41, 5.74) is 1.49. The Morgan fingerprint density at radius 1 is 1.19 bits per heavy atom. The number of carbonyl (C=O) groups is 2. The van der Waals surface area contributed by atoms with E-state index in [2.05, 4.69) is 20.9 Å². The molecule has 21 heavy (non-hydrogen) atoms. The van der Waals surface area contributed by atoms with Crippen molar-refractivity contribution < 1.29 is 14.3 Å². The number of likely N-dealkylation sites (tertiary alicyclic amines) is 1. The van der Waals surface area contributed by atoms with Crippen molar-refractivity contribution in [3.8, 4) is 5.75 Å². The van der Waals surface area contributed by atoms with Crippen molar-refractivity contribution in [3.05, 3.63) is 34.4 Å². The van der Waals surface area contributed by atoms with E-state index in [0.29, 0.717) is 18.5 Å². The molecule has 1 aliphatic rings. The molecule has 3 rings (SSSR count). The highest BCUT2D eigenvalue weighted by atomic mass is 79.9. The molecule has 1 fully saturated rings. The molecule has 2 aromatic rings. The van der Waals surface area contributed by atoms with E-state index in [1.165, 1.54) is 4.90 Å². The maximum absolute atomic E-state index is 11.6. The fourth-order valence-electron chi connectivity index (χ4n) is 2.40. The Labute approximate surface area is 130 Å². The second-order valence-electron chi connectivity index (χ2n) is 4.82. The van der Waals surface area contributed by atoms with Crippen LogP contribution in [0.25, 0.3) is 10.9 Å². The lowest BCUT2D eigenvalue weighted by atomic mass is 10.2. The Morgan fingerprint density at radius 3 is 2.57 bits per heavy atom. The summed E-state index contributed by atoms with van der Waals surface area (Å²) in [5.74, 6) is 0.484. The highest BCUT2D eigenvalue weighted by Crippen LogP contribution is 2.32. The SMILES string of the molecule is COc1ccc2nc(CN3C(=O)CCC3=O)ccc2c1Br. The third-order valence-corrected chi connectivity index (χ3v) is 4.34. The van der Waals surface area contributed by atoms with Crippen LogP contribution in [0.2, 0.25) is 0 Å². The van der Waals surface area contributed by atoms with Gasteiger partial charge in [0.25, 0.3) is 0 Å². The van der Waals surface area contributed by atoms with E-state index in [1.54, 1.807) is 7.11 Å². The molecule has 5 nitrogen and oxygen atoms in total. The standard InChI is InChI=1S/C15H13BrN2O3/c1-21-12-5-4-11-10(15(12)16)3-2-9(17-11)8-18-13(19)6-7-14(18)20/h2-5H,6-8H2,1H3. The molecule has 0 saturated carbocycles. The summed E-state index contributed by atoms with van der Waals surface area (Å²) in [5, 5.41) is 0.928. The molecule has 2 heterocycles. The average Bonchev–Trinajstić information content (AvgIpc) is 2.79. The Kier molecular flexibility index (Phi) is 3.63. The molecule has 0 aliphatic carbocycles. The van der Waals surface area contributed by atoms with Gasteiger partial charge >= 0.3 is 0 Å². The molecular formula is C15H13BrN2O3. The van der Waals surface area contributed by atoms with Crippen LogP contribution in [0.4, 0.5) is 0 Å². The Hall–Kier alpha value is -1.95. The number of halogens is 1. The van der Waals surface area contributed by atoms with Crippen LogP contribution in [-0.2, 0) is 16.1 Å². The Bertz CT molecular complexity index is 729. The van der Waals surface area contributed by atoms with Crippen molar-refractivity contribution in [1.82, 2.24) is 9.88 Å². The summed E-state index contributed by atoms with van der Waals surface area (Å²) in [6, 6.07) is 7.42. The van der Waals surface area contributed by atoms with Crippen LogP contribution in [-0.4, -0.2) is 28.8 Å². The summed E-state index contributed by atoms with van der Waals surface area (Å²) in [7, 11) is 1.61. The summed E-state index contributed by atoms with van der Waals surface area (Å²) in [6.07, 6.45) is 0.602. The lowest BCUT2D eigenvalue weighted by molar-refractivity contribution is -0.139. The van der Waals surface area contributed by atoms with Gasteiger partial charge in [0.05, 0.1) is 29.3 Å². The zero-order chi connectivity index (χ0) is 15.0. The molecule has 0 unspecified atom stereocenters. The number of rotatable bonds is 3. The van der Waals surface area contributed by atoms with Gasteiger partial charge in [-0.15, -0.1) is 0 Å². The maximum Gasteiger partial charge on any atom is 0.230 e. The number of methoxy groups -OCH3 is 1. The first-order valence-corrected chi connectivity index (χ1v) is 7.35. The van der Waals surface area contributed by atoms with E-state index in [9.17, 15) is 9.59 Å². The molecule has 0 atom stereocenters. The number of hydrogen-bond acceptors (Lipinski definition) is 4. The molecule has 108 valence electrons. The number of amides is 2. The molecule has 2 amide bonds. The summed E-state index contributed by atoms with van der Waals surface area (Å²) in [6.45, 7) is 0.233. The van der Waals surface area contributed by atoms with E-state index in [-0.39, 0.29) is 18.4 Å². The second-order valence-corrected chi connectivity index (χ2v) is 5.62. The van der Waals surface area contributed by atoms with Gasteiger partial charge in [0.2, 0.25) is 11.8 Å². The molecule has 1 aliphatic heterocycles. The Morgan fingerprint density at radius 2 is 1.90 bits per heavy atom. The fourth-order valence-corrected chi connectivity index (χ4v) is 3.03. The number of carbonyl (C=O) groups excluding carboxylic acids is 2. The van der Waals surface area contributed by atoms with E-state index < -0.39 is 0 Å². The quantitative estimate of drug-likeness (QED) is 0.800. The highest BCUT2D eigenvalue weighted by molar-refractivity contribution is 9.10. The smallest absolute Gasteiger partial charge is 0.230 e. The van der Waals surface area contributed by atoms with Crippen molar-refractivity contribution in [2.75, 3.05) is 7.11 Å². The summed E-state index contributed by atoms with van der Waals surface area (Å²) >= 11 is 3.49. The van der Waals surface area contributed by atoms with Crippen LogP contribution in [0.1, 0.15) is 18.5 Å². The lowest BCUT2D eigenvalue weighted by Gasteiger charge is -2.14. The van der Waals surface area contributed by atoms with Gasteiger partial charge in [-0.3, -0.25) is 19.5 Å². The van der Waals surface area contributed by atoms with Gasteiger partial charge in [-0.2, -0.15) is 0 Å². The van der Waals surface area contributed by atoms with Gasteiger partial charge in [0.1, 0.15) is 5.75 Å². The van der Waals surface area contributed by atoms with Crippen molar-refractivity contribution in [2.24, 2.45) is 0 Å². The lowest BCUT2D eigenvalue weighted by Crippen LogP contribution is -2.28. The van der Waals surface area contributed by atoms with Crippen molar-refractivity contribution in [2.45, 2.75) is 19.4 Å². The second kappa shape index (κ2) is 5.44. The topological polar surface area (TPSA) is 59.5 Å². The first-order valence-electron chi connectivity index (χ1n) is 6.55. The number of imide groups is 1. The van der Waals surface area contributed by atoms with Crippen LogP contribution >= 0.6 is 15.9 Å². The minimum atomic E-state index is -0.127. The van der Waals surface area contributed by atoms with Gasteiger partial charge in [-0.25, -0.2) is 0 Å². The molecule has 1 saturated heterocycles. The number of fused-ring (bicyclic) bond motifs is 1. The first-order chi connectivity index (χ1) is 10.1. The molecule has 0 radical (unpaired) electrons. The van der Waals surface area contributed by atoms with Crippen molar-refractivity contribution in [3.63, 3.8) is 0 Å². The van der Waals surface area contributed by atoms with E-state index in [0.717, 1.165) is 21.1 Å². The zero-order valence-electron chi connectivity index (χ0n) is 11.4. The largest absolute Gasteiger partial charge is 0.496 e. The maximum atomic E-state index is 11.6. The van der Waals surface area contributed by atoms with Crippen molar-refractivity contribution in [1.29, 1.82) is 0 Å². The van der Waals surface area contributed by atoms with Crippen molar-refractivity contribution >= 4 is 38.6 Å². The Balaban J connectivity index is 1.95. The number of hydrogen-bond donors (Lipinski definition) is 0. The highest BCUT2D eigenvalue weighted by Gasteiger charge is 2.29. The minimum Gasteiger partial charge on any atom is -0.496 e. The van der Waals surface area contributed by atoms with Crippen LogP contribution in [0.3, 0.4) is 0 Å². The molecule has 1 aromatic heterocycles. The number of benzene rings is 1. The van der Waals surface area contributed by atoms with Gasteiger partial charge in [0, 0.05) is 18.2 Å². The third-order valence-electron chi connectivity index (χ3n) is 3.52. The van der Waals surface area contributed by atoms with E-state index in [4.69, 9.17) is 4.74 Å². The predicted molar refractivity (Wildman–Crippen MR) is 80.8 cm³/mol. The molecule has 0 N–H and O–H groups in total. The zero-order valence-corrected chi connectivity index (χ0v) is 13.0. The third kappa shape index (κ3) is 2.51. The first kappa shape index (κ1) is 14.0. The molecule has 6 heteroatoms. The van der Waals surface area contributed by atoms with Crippen LogP contribution in [0.15, 0.2) is 28.7 Å². The van der Waals surface area contributed by atoms with E-state index in [1.807, 2.05) is 24.3 Å². The fraction of sp³-hybridized carbons (Fsp3) is 0.267. The number of aromatic nitrogens is 1. The van der Waals surface area contributed by atoms with Gasteiger partial charge < -0.3 is 4.74 Å². The predicted octanol–water partition coefficient (Wildman–Crippen LogP) is 2.65. The minimum absolute atomic E-state index is 0.127. The molecule has 0 bridgehead atoms. The number of pyridine rings is 1. The monoisotopic (exact) mass is 348 g/mol. The average molecular weight is 349 g/mol. The summed E-state index contributed by atoms with van der Waals surface area (Å²) < 4.78 is 6.09. The molecule has 0 spiro atoms. The van der Waals surface area contributed by atoms with Crippen LogP contribution in [0, 0.1) is 0 Å². The normalized spacial score (nSPS) is 15.0. The molecule has 1 aromatic carbocycles. The van der Waals surface area contributed by atoms with Crippen LogP contribution in [0.5, 0.6) is 5.75 Å². The van der Waals surface area contributed by atoms with Gasteiger partial charge in [-0.05, 0) is 40.2 Å². The summed E-state index contributed by atoms with van der Waals surface area (Å²) in [4.78, 5) is 29.1. The number of ether oxygens (including phenoxy) is 1. The van der Waals surface area contributed by atoms with Gasteiger partial charge in [-0.1, -0.05) is 0 Å².